The molecule has 96 valence electrons. The minimum absolute atomic E-state index is 0.294. The number of ether oxygens (including phenoxy) is 2. The van der Waals surface area contributed by atoms with Crippen LogP contribution in [-0.2, 0) is 0 Å². The van der Waals surface area contributed by atoms with E-state index in [0.29, 0.717) is 6.04 Å². The molecule has 0 saturated carbocycles. The molecule has 0 aliphatic carbocycles. The van der Waals surface area contributed by atoms with Crippen molar-refractivity contribution >= 4 is 0 Å². The summed E-state index contributed by atoms with van der Waals surface area (Å²) in [7, 11) is 3.31. The van der Waals surface area contributed by atoms with Gasteiger partial charge in [0.05, 0.1) is 20.4 Å². The number of methoxy groups -OCH3 is 2. The average Bonchev–Trinajstić information content (AvgIpc) is 2.82. The Kier molecular flexibility index (Phi) is 3.55. The van der Waals surface area contributed by atoms with Crippen LogP contribution in [0.15, 0.2) is 30.5 Å². The number of nitrogens with zero attached hydrogens (tertiary/aromatic N) is 2. The van der Waals surface area contributed by atoms with E-state index in [0.717, 1.165) is 22.8 Å². The second kappa shape index (κ2) is 5.12. The van der Waals surface area contributed by atoms with E-state index in [4.69, 9.17) is 9.47 Å². The van der Waals surface area contributed by atoms with Crippen LogP contribution in [-0.4, -0.2) is 24.0 Å². The number of hydrogen-bond donors (Lipinski definition) is 0. The molecule has 0 bridgehead atoms. The SMILES string of the molecule is COc1ccccc1-c1nn(C(C)C)cc1OC. The lowest BCUT2D eigenvalue weighted by molar-refractivity contribution is 0.409. The van der Waals surface area contributed by atoms with Crippen LogP contribution in [0.2, 0.25) is 0 Å². The summed E-state index contributed by atoms with van der Waals surface area (Å²) in [5.41, 5.74) is 1.75. The second-order valence-corrected chi connectivity index (χ2v) is 4.32. The van der Waals surface area contributed by atoms with Crippen molar-refractivity contribution in [1.29, 1.82) is 0 Å². The average molecular weight is 246 g/mol. The van der Waals surface area contributed by atoms with E-state index in [2.05, 4.69) is 18.9 Å². The maximum Gasteiger partial charge on any atom is 0.164 e. The van der Waals surface area contributed by atoms with Crippen LogP contribution in [0.5, 0.6) is 11.5 Å². The third-order valence-electron chi connectivity index (χ3n) is 2.81. The van der Waals surface area contributed by atoms with E-state index in [1.54, 1.807) is 14.2 Å². The molecule has 0 N–H and O–H groups in total. The molecular formula is C14H18N2O2. The first-order valence-electron chi connectivity index (χ1n) is 5.94. The summed E-state index contributed by atoms with van der Waals surface area (Å²) >= 11 is 0. The molecule has 1 aromatic heterocycles. The molecule has 1 heterocycles. The van der Waals surface area contributed by atoms with Crippen molar-refractivity contribution in [2.45, 2.75) is 19.9 Å². The van der Waals surface area contributed by atoms with Gasteiger partial charge in [-0.25, -0.2) is 0 Å². The Balaban J connectivity index is 2.55. The standard InChI is InChI=1S/C14H18N2O2/c1-10(2)16-9-13(18-4)14(15-16)11-7-5-6-8-12(11)17-3/h5-10H,1-4H3. The van der Waals surface area contributed by atoms with E-state index in [1.807, 2.05) is 35.1 Å². The maximum absolute atomic E-state index is 5.39. The van der Waals surface area contributed by atoms with Crippen LogP contribution in [0.4, 0.5) is 0 Å². The van der Waals surface area contributed by atoms with Gasteiger partial charge in [0.2, 0.25) is 0 Å². The molecule has 4 nitrogen and oxygen atoms in total. The molecule has 1 aromatic carbocycles. The van der Waals surface area contributed by atoms with Crippen molar-refractivity contribution in [3.05, 3.63) is 30.5 Å². The maximum atomic E-state index is 5.39. The van der Waals surface area contributed by atoms with Gasteiger partial charge >= 0.3 is 0 Å². The van der Waals surface area contributed by atoms with Crippen LogP contribution in [0.25, 0.3) is 11.3 Å². The third-order valence-corrected chi connectivity index (χ3v) is 2.81. The third kappa shape index (κ3) is 2.18. The highest BCUT2D eigenvalue weighted by molar-refractivity contribution is 5.72. The lowest BCUT2D eigenvalue weighted by Crippen LogP contribution is -2.00. The van der Waals surface area contributed by atoms with Gasteiger partial charge in [0.25, 0.3) is 0 Å². The van der Waals surface area contributed by atoms with E-state index < -0.39 is 0 Å². The van der Waals surface area contributed by atoms with E-state index in [9.17, 15) is 0 Å². The van der Waals surface area contributed by atoms with E-state index >= 15 is 0 Å². The molecule has 0 amide bonds. The van der Waals surface area contributed by atoms with Gasteiger partial charge in [-0.1, -0.05) is 12.1 Å². The first-order chi connectivity index (χ1) is 8.67. The highest BCUT2D eigenvalue weighted by Gasteiger charge is 2.16. The molecule has 18 heavy (non-hydrogen) atoms. The van der Waals surface area contributed by atoms with Gasteiger partial charge in [0, 0.05) is 11.6 Å². The van der Waals surface area contributed by atoms with Gasteiger partial charge in [-0.3, -0.25) is 4.68 Å². The number of para-hydroxylation sites is 1. The van der Waals surface area contributed by atoms with Crippen LogP contribution < -0.4 is 9.47 Å². The molecular weight excluding hydrogens is 228 g/mol. The Morgan fingerprint density at radius 1 is 1.06 bits per heavy atom. The number of aromatic nitrogens is 2. The molecule has 0 fully saturated rings. The number of benzene rings is 1. The van der Waals surface area contributed by atoms with Gasteiger partial charge in [0.1, 0.15) is 11.4 Å². The molecule has 0 radical (unpaired) electrons. The lowest BCUT2D eigenvalue weighted by atomic mass is 10.1. The summed E-state index contributed by atoms with van der Waals surface area (Å²) in [6.07, 6.45) is 1.91. The van der Waals surface area contributed by atoms with E-state index in [-0.39, 0.29) is 0 Å². The molecule has 0 atom stereocenters. The predicted octanol–water partition coefficient (Wildman–Crippen LogP) is 3.15. The quantitative estimate of drug-likeness (QED) is 0.831. The summed E-state index contributed by atoms with van der Waals surface area (Å²) in [4.78, 5) is 0. The Bertz CT molecular complexity index is 532. The zero-order valence-corrected chi connectivity index (χ0v) is 11.2. The summed E-state index contributed by atoms with van der Waals surface area (Å²) in [5, 5.41) is 4.57. The Morgan fingerprint density at radius 3 is 2.33 bits per heavy atom. The largest absolute Gasteiger partial charge is 0.496 e. The molecule has 0 aliphatic heterocycles. The highest BCUT2D eigenvalue weighted by atomic mass is 16.5. The Hall–Kier alpha value is -1.97. The van der Waals surface area contributed by atoms with Crippen molar-refractivity contribution in [3.8, 4) is 22.8 Å². The second-order valence-electron chi connectivity index (χ2n) is 4.32. The van der Waals surface area contributed by atoms with Crippen molar-refractivity contribution in [2.75, 3.05) is 14.2 Å². The number of rotatable bonds is 4. The molecule has 0 spiro atoms. The van der Waals surface area contributed by atoms with Gasteiger partial charge in [-0.2, -0.15) is 5.10 Å². The molecule has 0 unspecified atom stereocenters. The van der Waals surface area contributed by atoms with Crippen molar-refractivity contribution in [2.24, 2.45) is 0 Å². The van der Waals surface area contributed by atoms with Gasteiger partial charge in [-0.05, 0) is 26.0 Å². The van der Waals surface area contributed by atoms with Crippen LogP contribution in [0, 0.1) is 0 Å². The minimum atomic E-state index is 0.294. The fourth-order valence-corrected chi connectivity index (χ4v) is 1.82. The molecule has 0 saturated heterocycles. The van der Waals surface area contributed by atoms with Crippen molar-refractivity contribution < 1.29 is 9.47 Å². The molecule has 0 aliphatic rings. The summed E-state index contributed by atoms with van der Waals surface area (Å²) in [5.74, 6) is 1.55. The van der Waals surface area contributed by atoms with Gasteiger partial charge in [0.15, 0.2) is 5.75 Å². The normalized spacial score (nSPS) is 10.7. The number of hydrogen-bond acceptors (Lipinski definition) is 3. The van der Waals surface area contributed by atoms with Crippen LogP contribution >= 0.6 is 0 Å². The summed E-state index contributed by atoms with van der Waals surface area (Å²) < 4.78 is 12.6. The van der Waals surface area contributed by atoms with Gasteiger partial charge in [-0.15, -0.1) is 0 Å². The lowest BCUT2D eigenvalue weighted by Gasteiger charge is -2.07. The van der Waals surface area contributed by atoms with Crippen LogP contribution in [0.1, 0.15) is 19.9 Å². The molecule has 2 rings (SSSR count). The summed E-state index contributed by atoms with van der Waals surface area (Å²) in [6.45, 7) is 4.16. The zero-order valence-electron chi connectivity index (χ0n) is 11.2. The minimum Gasteiger partial charge on any atom is -0.496 e. The summed E-state index contributed by atoms with van der Waals surface area (Å²) in [6, 6.07) is 8.10. The zero-order chi connectivity index (χ0) is 13.1. The fraction of sp³-hybridized carbons (Fsp3) is 0.357. The smallest absolute Gasteiger partial charge is 0.164 e. The topological polar surface area (TPSA) is 36.3 Å². The Morgan fingerprint density at radius 2 is 1.72 bits per heavy atom. The monoisotopic (exact) mass is 246 g/mol. The van der Waals surface area contributed by atoms with Crippen LogP contribution in [0.3, 0.4) is 0 Å². The first kappa shape index (κ1) is 12.5. The van der Waals surface area contributed by atoms with Crippen molar-refractivity contribution in [3.63, 3.8) is 0 Å². The Labute approximate surface area is 107 Å². The van der Waals surface area contributed by atoms with E-state index in [1.165, 1.54) is 0 Å². The highest BCUT2D eigenvalue weighted by Crippen LogP contribution is 2.35. The molecule has 4 heteroatoms. The predicted molar refractivity (Wildman–Crippen MR) is 71.2 cm³/mol. The first-order valence-corrected chi connectivity index (χ1v) is 5.94. The van der Waals surface area contributed by atoms with Crippen molar-refractivity contribution in [1.82, 2.24) is 9.78 Å². The molecule has 2 aromatic rings. The van der Waals surface area contributed by atoms with Gasteiger partial charge < -0.3 is 9.47 Å². The fourth-order valence-electron chi connectivity index (χ4n) is 1.82.